The molecule has 1 aromatic rings. The van der Waals surface area contributed by atoms with E-state index in [4.69, 9.17) is 15.4 Å². The summed E-state index contributed by atoms with van der Waals surface area (Å²) in [7, 11) is 3.18. The number of hydrogen-bond donors (Lipinski definition) is 1. The van der Waals surface area contributed by atoms with Crippen LogP contribution >= 0.6 is 10.7 Å². The second kappa shape index (κ2) is 4.38. The molecule has 17 heavy (non-hydrogen) atoms. The lowest BCUT2D eigenvalue weighted by Gasteiger charge is -2.25. The Morgan fingerprint density at radius 2 is 2.18 bits per heavy atom. The van der Waals surface area contributed by atoms with Gasteiger partial charge in [-0.3, -0.25) is 0 Å². The third-order valence-electron chi connectivity index (χ3n) is 2.85. The van der Waals surface area contributed by atoms with E-state index in [-0.39, 0.29) is 4.90 Å². The molecule has 0 saturated carbocycles. The van der Waals surface area contributed by atoms with Crippen LogP contribution in [0.25, 0.3) is 0 Å². The van der Waals surface area contributed by atoms with E-state index in [1.807, 2.05) is 6.07 Å². The van der Waals surface area contributed by atoms with Crippen LogP contribution in [0.2, 0.25) is 0 Å². The predicted octanol–water partition coefficient (Wildman–Crippen LogP) is 2.23. The SMILES string of the molecule is COc1cc2c(c(S(=O)(=O)Cl)c1)NC[C@@H](C)C2. The molecule has 1 heterocycles. The summed E-state index contributed by atoms with van der Waals surface area (Å²) in [5.74, 6) is 0.972. The summed E-state index contributed by atoms with van der Waals surface area (Å²) in [6.07, 6.45) is 0.818. The lowest BCUT2D eigenvalue weighted by Crippen LogP contribution is -2.22. The Labute approximate surface area is 105 Å². The fourth-order valence-corrected chi connectivity index (χ4v) is 3.11. The second-order valence-electron chi connectivity index (χ2n) is 4.29. The van der Waals surface area contributed by atoms with Crippen LogP contribution in [0.1, 0.15) is 12.5 Å². The molecule has 0 unspecified atom stereocenters. The van der Waals surface area contributed by atoms with Crippen LogP contribution < -0.4 is 10.1 Å². The Hall–Kier alpha value is -0.940. The standard InChI is InChI=1S/C11H14ClNO3S/c1-7-3-8-4-9(16-2)5-10(17(12,14)15)11(8)13-6-7/h4-5,7,13H,3,6H2,1-2H3/t7-/m0/s1. The van der Waals surface area contributed by atoms with Crippen molar-refractivity contribution in [2.75, 3.05) is 19.0 Å². The zero-order valence-corrected chi connectivity index (χ0v) is 11.2. The molecule has 1 atom stereocenters. The highest BCUT2D eigenvalue weighted by molar-refractivity contribution is 8.13. The minimum atomic E-state index is -3.76. The quantitative estimate of drug-likeness (QED) is 0.841. The molecule has 6 heteroatoms. The average Bonchev–Trinajstić information content (AvgIpc) is 2.25. The van der Waals surface area contributed by atoms with Crippen molar-refractivity contribution in [3.8, 4) is 5.75 Å². The van der Waals surface area contributed by atoms with E-state index in [2.05, 4.69) is 12.2 Å². The molecule has 0 aromatic heterocycles. The minimum absolute atomic E-state index is 0.0976. The number of hydrogen-bond acceptors (Lipinski definition) is 4. The summed E-state index contributed by atoms with van der Waals surface area (Å²) in [4.78, 5) is 0.0976. The van der Waals surface area contributed by atoms with Crippen LogP contribution in [-0.4, -0.2) is 22.1 Å². The van der Waals surface area contributed by atoms with E-state index >= 15 is 0 Å². The summed E-state index contributed by atoms with van der Waals surface area (Å²) < 4.78 is 28.1. The molecule has 1 aliphatic heterocycles. The first-order valence-electron chi connectivity index (χ1n) is 5.31. The molecule has 1 aliphatic rings. The smallest absolute Gasteiger partial charge is 0.263 e. The Bertz CT molecular complexity index is 542. The molecule has 0 bridgehead atoms. The van der Waals surface area contributed by atoms with Gasteiger partial charge >= 0.3 is 0 Å². The zero-order chi connectivity index (χ0) is 12.6. The molecular formula is C11H14ClNO3S. The molecular weight excluding hydrogens is 262 g/mol. The molecule has 1 N–H and O–H groups in total. The molecule has 0 amide bonds. The zero-order valence-electron chi connectivity index (χ0n) is 9.66. The van der Waals surface area contributed by atoms with Crippen molar-refractivity contribution in [1.29, 1.82) is 0 Å². The van der Waals surface area contributed by atoms with Gasteiger partial charge in [0.25, 0.3) is 9.05 Å². The van der Waals surface area contributed by atoms with Gasteiger partial charge in [-0.05, 0) is 24.0 Å². The summed E-state index contributed by atoms with van der Waals surface area (Å²) in [5.41, 5.74) is 1.54. The number of rotatable bonds is 2. The van der Waals surface area contributed by atoms with Gasteiger partial charge in [0, 0.05) is 23.3 Å². The van der Waals surface area contributed by atoms with Crippen molar-refractivity contribution in [3.05, 3.63) is 17.7 Å². The molecule has 4 nitrogen and oxygen atoms in total. The van der Waals surface area contributed by atoms with E-state index in [0.717, 1.165) is 18.5 Å². The van der Waals surface area contributed by atoms with Gasteiger partial charge in [-0.2, -0.15) is 0 Å². The van der Waals surface area contributed by atoms with Gasteiger partial charge < -0.3 is 10.1 Å². The summed E-state index contributed by atoms with van der Waals surface area (Å²) in [6, 6.07) is 3.30. The van der Waals surface area contributed by atoms with Gasteiger partial charge in [0.1, 0.15) is 10.6 Å². The molecule has 0 spiro atoms. The summed E-state index contributed by atoms with van der Waals surface area (Å²) in [6.45, 7) is 2.85. The average molecular weight is 276 g/mol. The Morgan fingerprint density at radius 3 is 2.76 bits per heavy atom. The Balaban J connectivity index is 2.63. The molecule has 2 rings (SSSR count). The number of anilines is 1. The van der Waals surface area contributed by atoms with Crippen molar-refractivity contribution >= 4 is 25.4 Å². The number of fused-ring (bicyclic) bond motifs is 1. The van der Waals surface area contributed by atoms with Gasteiger partial charge in [0.15, 0.2) is 0 Å². The highest BCUT2D eigenvalue weighted by atomic mass is 35.7. The first-order chi connectivity index (χ1) is 7.91. The van der Waals surface area contributed by atoms with Crippen LogP contribution in [-0.2, 0) is 15.5 Å². The Kier molecular flexibility index (Phi) is 3.23. The molecule has 1 aromatic carbocycles. The highest BCUT2D eigenvalue weighted by Crippen LogP contribution is 2.36. The van der Waals surface area contributed by atoms with E-state index in [1.165, 1.54) is 13.2 Å². The summed E-state index contributed by atoms with van der Waals surface area (Å²) in [5, 5.41) is 3.12. The van der Waals surface area contributed by atoms with E-state index < -0.39 is 9.05 Å². The van der Waals surface area contributed by atoms with Crippen LogP contribution in [0.15, 0.2) is 17.0 Å². The normalized spacial score (nSPS) is 19.4. The van der Waals surface area contributed by atoms with E-state index in [1.54, 1.807) is 0 Å². The number of halogens is 1. The van der Waals surface area contributed by atoms with Crippen molar-refractivity contribution in [3.63, 3.8) is 0 Å². The third-order valence-corrected chi connectivity index (χ3v) is 4.20. The second-order valence-corrected chi connectivity index (χ2v) is 6.82. The van der Waals surface area contributed by atoms with Crippen molar-refractivity contribution in [2.24, 2.45) is 5.92 Å². The van der Waals surface area contributed by atoms with Gasteiger partial charge in [-0.1, -0.05) is 6.92 Å². The van der Waals surface area contributed by atoms with Crippen molar-refractivity contribution in [1.82, 2.24) is 0 Å². The topological polar surface area (TPSA) is 55.4 Å². The van der Waals surface area contributed by atoms with Crippen LogP contribution in [0.3, 0.4) is 0 Å². The highest BCUT2D eigenvalue weighted by Gasteiger charge is 2.24. The molecule has 0 aliphatic carbocycles. The monoisotopic (exact) mass is 275 g/mol. The van der Waals surface area contributed by atoms with Crippen LogP contribution in [0, 0.1) is 5.92 Å². The first kappa shape index (κ1) is 12.5. The Morgan fingerprint density at radius 1 is 1.47 bits per heavy atom. The third kappa shape index (κ3) is 2.50. The lowest BCUT2D eigenvalue weighted by atomic mass is 9.95. The maximum atomic E-state index is 11.5. The van der Waals surface area contributed by atoms with Gasteiger partial charge in [-0.15, -0.1) is 0 Å². The fourth-order valence-electron chi connectivity index (χ4n) is 2.04. The molecule has 0 fully saturated rings. The van der Waals surface area contributed by atoms with E-state index in [0.29, 0.717) is 17.4 Å². The number of methoxy groups -OCH3 is 1. The lowest BCUT2D eigenvalue weighted by molar-refractivity contribution is 0.412. The van der Waals surface area contributed by atoms with Crippen molar-refractivity contribution < 1.29 is 13.2 Å². The van der Waals surface area contributed by atoms with Gasteiger partial charge in [-0.25, -0.2) is 8.42 Å². The fraction of sp³-hybridized carbons (Fsp3) is 0.455. The van der Waals surface area contributed by atoms with Crippen LogP contribution in [0.5, 0.6) is 5.75 Å². The minimum Gasteiger partial charge on any atom is -0.497 e. The predicted molar refractivity (Wildman–Crippen MR) is 67.4 cm³/mol. The maximum Gasteiger partial charge on any atom is 0.263 e. The molecule has 0 saturated heterocycles. The van der Waals surface area contributed by atoms with Gasteiger partial charge in [0.2, 0.25) is 0 Å². The first-order valence-corrected chi connectivity index (χ1v) is 7.62. The number of nitrogens with one attached hydrogen (secondary N) is 1. The largest absolute Gasteiger partial charge is 0.497 e. The van der Waals surface area contributed by atoms with Crippen LogP contribution in [0.4, 0.5) is 5.69 Å². The van der Waals surface area contributed by atoms with Crippen molar-refractivity contribution in [2.45, 2.75) is 18.2 Å². The van der Waals surface area contributed by atoms with Gasteiger partial charge in [0.05, 0.1) is 12.8 Å². The molecule has 94 valence electrons. The van der Waals surface area contributed by atoms with E-state index in [9.17, 15) is 8.42 Å². The number of ether oxygens (including phenoxy) is 1. The summed E-state index contributed by atoms with van der Waals surface area (Å²) >= 11 is 0. The maximum absolute atomic E-state index is 11.5. The molecule has 0 radical (unpaired) electrons. The number of benzene rings is 1.